The summed E-state index contributed by atoms with van der Waals surface area (Å²) in [5, 5.41) is 7.45. The number of piperazine rings is 2. The molecule has 0 amide bonds. The lowest BCUT2D eigenvalue weighted by Crippen LogP contribution is -2.47. The van der Waals surface area contributed by atoms with Crippen LogP contribution in [0.4, 0.5) is 0 Å². The van der Waals surface area contributed by atoms with Crippen molar-refractivity contribution in [1.82, 2.24) is 35.1 Å². The summed E-state index contributed by atoms with van der Waals surface area (Å²) < 4.78 is 0. The van der Waals surface area contributed by atoms with Gasteiger partial charge in [-0.1, -0.05) is 24.3 Å². The molecule has 0 aliphatic carbocycles. The standard InChI is InChI=1S/C34H61N7/c1-6-32(7-2-16-37-22-24-38(25-23-37)17-3-13-35-12-1)30-33-8-10-34(11-9-33)31-41-20-5-19-40-28-26-39(27-29-40)18-4-14-36-15-21-41/h8-11,32,35-36H,1-7,12-31H2. The van der Waals surface area contributed by atoms with Crippen LogP contribution in [-0.4, -0.2) is 142 Å². The lowest BCUT2D eigenvalue weighted by Gasteiger charge is -2.35. The van der Waals surface area contributed by atoms with Crippen molar-refractivity contribution in [3.63, 3.8) is 0 Å². The maximum absolute atomic E-state index is 3.73. The molecule has 6 heterocycles. The first-order chi connectivity index (χ1) is 20.3. The molecule has 6 aliphatic rings. The molecule has 6 aliphatic heterocycles. The summed E-state index contributed by atoms with van der Waals surface area (Å²) in [4.78, 5) is 13.4. The molecule has 6 saturated heterocycles. The molecule has 1 atom stereocenters. The van der Waals surface area contributed by atoms with Gasteiger partial charge in [-0.3, -0.25) is 4.90 Å². The molecule has 0 radical (unpaired) electrons. The predicted octanol–water partition coefficient (Wildman–Crippen LogP) is 2.82. The quantitative estimate of drug-likeness (QED) is 0.580. The summed E-state index contributed by atoms with van der Waals surface area (Å²) in [7, 11) is 0. The minimum atomic E-state index is 0.811. The molecule has 7 rings (SSSR count). The van der Waals surface area contributed by atoms with Crippen molar-refractivity contribution in [3.8, 4) is 0 Å². The Hall–Kier alpha value is -1.06. The van der Waals surface area contributed by atoms with Crippen LogP contribution in [0.2, 0.25) is 0 Å². The molecule has 1 unspecified atom stereocenters. The van der Waals surface area contributed by atoms with Crippen LogP contribution in [0.5, 0.6) is 0 Å². The largest absolute Gasteiger partial charge is 0.317 e. The zero-order valence-corrected chi connectivity index (χ0v) is 26.2. The van der Waals surface area contributed by atoms with E-state index in [4.69, 9.17) is 0 Å². The summed E-state index contributed by atoms with van der Waals surface area (Å²) in [6.45, 7) is 23.2. The van der Waals surface area contributed by atoms with Gasteiger partial charge in [0.1, 0.15) is 0 Å². The fraction of sp³-hybridized carbons (Fsp3) is 0.824. The second kappa shape index (κ2) is 17.9. The van der Waals surface area contributed by atoms with E-state index in [1.807, 2.05) is 0 Å². The van der Waals surface area contributed by atoms with E-state index >= 15 is 0 Å². The number of nitrogens with one attached hydrogen (secondary N) is 2. The number of fused-ring (bicyclic) bond motifs is 23. The minimum Gasteiger partial charge on any atom is -0.317 e. The Balaban J connectivity index is 1.10. The van der Waals surface area contributed by atoms with Crippen LogP contribution >= 0.6 is 0 Å². The molecule has 232 valence electrons. The summed E-state index contributed by atoms with van der Waals surface area (Å²) in [5.41, 5.74) is 3.02. The minimum absolute atomic E-state index is 0.811. The van der Waals surface area contributed by atoms with Crippen LogP contribution in [-0.2, 0) is 13.0 Å². The van der Waals surface area contributed by atoms with Gasteiger partial charge >= 0.3 is 0 Å². The van der Waals surface area contributed by atoms with Crippen molar-refractivity contribution < 1.29 is 0 Å². The second-order valence-corrected chi connectivity index (χ2v) is 13.4. The van der Waals surface area contributed by atoms with Crippen molar-refractivity contribution in [2.75, 3.05) is 118 Å². The topological polar surface area (TPSA) is 40.3 Å². The SMILES string of the molecule is c1cc(CN2CCCN3CCN(CCCNCC2)CC3)ccc1CC1CCCNCCCN2CCN(CCC1)CC2. The van der Waals surface area contributed by atoms with Gasteiger partial charge in [0.2, 0.25) is 0 Å². The third kappa shape index (κ3) is 11.5. The van der Waals surface area contributed by atoms with E-state index < -0.39 is 0 Å². The van der Waals surface area contributed by atoms with Gasteiger partial charge in [0, 0.05) is 72.0 Å². The summed E-state index contributed by atoms with van der Waals surface area (Å²) in [6, 6.07) is 9.76. The number of nitrogens with zero attached hydrogens (tertiary/aromatic N) is 5. The molecule has 1 aromatic carbocycles. The zero-order chi connectivity index (χ0) is 28.0. The van der Waals surface area contributed by atoms with E-state index in [-0.39, 0.29) is 0 Å². The first kappa shape index (κ1) is 31.4. The van der Waals surface area contributed by atoms with E-state index in [1.54, 1.807) is 5.56 Å². The Kier molecular flexibility index (Phi) is 13.7. The Labute approximate surface area is 252 Å². The fourth-order valence-corrected chi connectivity index (χ4v) is 7.44. The molecule has 0 saturated carbocycles. The van der Waals surface area contributed by atoms with Crippen molar-refractivity contribution in [2.45, 2.75) is 57.9 Å². The van der Waals surface area contributed by atoms with Gasteiger partial charge in [0.05, 0.1) is 0 Å². The van der Waals surface area contributed by atoms with Gasteiger partial charge in [-0.2, -0.15) is 0 Å². The number of hydrogen-bond donors (Lipinski definition) is 2. The summed E-state index contributed by atoms with van der Waals surface area (Å²) >= 11 is 0. The van der Waals surface area contributed by atoms with Gasteiger partial charge in [0.15, 0.2) is 0 Å². The van der Waals surface area contributed by atoms with E-state index in [1.165, 1.54) is 155 Å². The normalized spacial score (nSPS) is 32.5. The van der Waals surface area contributed by atoms with Gasteiger partial charge in [0.25, 0.3) is 0 Å². The highest BCUT2D eigenvalue weighted by molar-refractivity contribution is 5.23. The first-order valence-corrected chi connectivity index (χ1v) is 17.4. The molecular weight excluding hydrogens is 506 g/mol. The molecule has 0 spiro atoms. The number of hydrogen-bond acceptors (Lipinski definition) is 7. The third-order valence-corrected chi connectivity index (χ3v) is 10.1. The van der Waals surface area contributed by atoms with Crippen molar-refractivity contribution >= 4 is 0 Å². The van der Waals surface area contributed by atoms with Crippen molar-refractivity contribution in [1.29, 1.82) is 0 Å². The van der Waals surface area contributed by atoms with Crippen LogP contribution in [0.1, 0.15) is 56.1 Å². The van der Waals surface area contributed by atoms with Crippen LogP contribution in [0.3, 0.4) is 0 Å². The highest BCUT2D eigenvalue weighted by atomic mass is 15.3. The van der Waals surface area contributed by atoms with Gasteiger partial charge < -0.3 is 30.2 Å². The average molecular weight is 568 g/mol. The van der Waals surface area contributed by atoms with E-state index in [2.05, 4.69) is 59.4 Å². The first-order valence-electron chi connectivity index (χ1n) is 17.4. The lowest BCUT2D eigenvalue weighted by atomic mass is 9.90. The van der Waals surface area contributed by atoms with Gasteiger partial charge in [-0.05, 0) is 121 Å². The molecule has 7 heteroatoms. The van der Waals surface area contributed by atoms with Gasteiger partial charge in [-0.15, -0.1) is 0 Å². The monoisotopic (exact) mass is 567 g/mol. The number of benzene rings is 1. The predicted molar refractivity (Wildman–Crippen MR) is 173 cm³/mol. The van der Waals surface area contributed by atoms with Crippen LogP contribution < -0.4 is 10.6 Å². The summed E-state index contributed by atoms with van der Waals surface area (Å²) in [5.74, 6) is 0.811. The maximum atomic E-state index is 3.73. The van der Waals surface area contributed by atoms with Crippen molar-refractivity contribution in [3.05, 3.63) is 35.4 Å². The Morgan fingerprint density at radius 3 is 1.59 bits per heavy atom. The average Bonchev–Trinajstić information content (AvgIpc) is 3.01. The van der Waals surface area contributed by atoms with Gasteiger partial charge in [-0.25, -0.2) is 0 Å². The molecule has 4 bridgehead atoms. The smallest absolute Gasteiger partial charge is 0.0234 e. The molecular formula is C34H61N7. The van der Waals surface area contributed by atoms with E-state index in [0.717, 1.165) is 32.1 Å². The highest BCUT2D eigenvalue weighted by Crippen LogP contribution is 2.21. The van der Waals surface area contributed by atoms with E-state index in [9.17, 15) is 0 Å². The van der Waals surface area contributed by atoms with Crippen LogP contribution in [0, 0.1) is 5.92 Å². The lowest BCUT2D eigenvalue weighted by molar-refractivity contribution is 0.123. The Morgan fingerprint density at radius 1 is 0.463 bits per heavy atom. The molecule has 6 fully saturated rings. The molecule has 41 heavy (non-hydrogen) atoms. The van der Waals surface area contributed by atoms with Crippen molar-refractivity contribution in [2.24, 2.45) is 5.92 Å². The molecule has 7 nitrogen and oxygen atoms in total. The maximum Gasteiger partial charge on any atom is 0.0234 e. The Bertz CT molecular complexity index is 814. The highest BCUT2D eigenvalue weighted by Gasteiger charge is 2.19. The van der Waals surface area contributed by atoms with Crippen LogP contribution in [0.25, 0.3) is 0 Å². The fourth-order valence-electron chi connectivity index (χ4n) is 7.44. The second-order valence-electron chi connectivity index (χ2n) is 13.4. The zero-order valence-electron chi connectivity index (χ0n) is 26.2. The Morgan fingerprint density at radius 2 is 0.951 bits per heavy atom. The molecule has 0 aromatic heterocycles. The summed E-state index contributed by atoms with van der Waals surface area (Å²) in [6.07, 6.45) is 10.5. The third-order valence-electron chi connectivity index (χ3n) is 10.1. The van der Waals surface area contributed by atoms with Crippen LogP contribution in [0.15, 0.2) is 24.3 Å². The molecule has 2 N–H and O–H groups in total. The van der Waals surface area contributed by atoms with E-state index in [0.29, 0.717) is 0 Å². The number of rotatable bonds is 4. The molecule has 1 aromatic rings.